The van der Waals surface area contributed by atoms with Crippen molar-refractivity contribution in [1.29, 1.82) is 0 Å². The third kappa shape index (κ3) is 3.71. The fraction of sp³-hybridized carbons (Fsp3) is 0.538. The van der Waals surface area contributed by atoms with Crippen LogP contribution in [0.15, 0.2) is 29.2 Å². The first kappa shape index (κ1) is 15.0. The second-order valence-electron chi connectivity index (χ2n) is 4.83. The summed E-state index contributed by atoms with van der Waals surface area (Å²) in [6.07, 6.45) is 0.806. The molecule has 102 valence electrons. The fourth-order valence-electron chi connectivity index (χ4n) is 1.76. The van der Waals surface area contributed by atoms with E-state index in [1.165, 1.54) is 0 Å². The quantitative estimate of drug-likeness (QED) is 0.807. The highest BCUT2D eigenvalue weighted by Gasteiger charge is 2.24. The Labute approximate surface area is 110 Å². The van der Waals surface area contributed by atoms with E-state index in [0.717, 1.165) is 6.42 Å². The molecule has 0 bridgehead atoms. The van der Waals surface area contributed by atoms with E-state index < -0.39 is 10.0 Å². The molecular weight excluding hydrogens is 248 g/mol. The molecule has 1 aromatic carbocycles. The van der Waals surface area contributed by atoms with Gasteiger partial charge in [-0.15, -0.1) is 0 Å². The summed E-state index contributed by atoms with van der Waals surface area (Å²) in [6, 6.07) is 6.36. The van der Waals surface area contributed by atoms with Crippen LogP contribution in [0.25, 0.3) is 0 Å². The SMILES string of the molecule is CCCN(CC(C)C)S(=O)(=O)c1ccc(N)cc1. The summed E-state index contributed by atoms with van der Waals surface area (Å²) in [7, 11) is -3.40. The number of nitrogens with zero attached hydrogens (tertiary/aromatic N) is 1. The Bertz CT molecular complexity index is 466. The second-order valence-corrected chi connectivity index (χ2v) is 6.76. The third-order valence-electron chi connectivity index (χ3n) is 2.56. The molecule has 2 N–H and O–H groups in total. The van der Waals surface area contributed by atoms with Crippen LogP contribution in [0.3, 0.4) is 0 Å². The first-order valence-corrected chi connectivity index (χ1v) is 7.67. The average molecular weight is 270 g/mol. The van der Waals surface area contributed by atoms with Crippen molar-refractivity contribution in [2.24, 2.45) is 5.92 Å². The van der Waals surface area contributed by atoms with Crippen LogP contribution in [0.2, 0.25) is 0 Å². The highest BCUT2D eigenvalue weighted by atomic mass is 32.2. The second kappa shape index (κ2) is 6.20. The molecule has 5 heteroatoms. The fourth-order valence-corrected chi connectivity index (χ4v) is 3.45. The predicted molar refractivity (Wildman–Crippen MR) is 74.7 cm³/mol. The van der Waals surface area contributed by atoms with Gasteiger partial charge in [0.15, 0.2) is 0 Å². The van der Waals surface area contributed by atoms with E-state index in [9.17, 15) is 8.42 Å². The van der Waals surface area contributed by atoms with Crippen LogP contribution in [0.1, 0.15) is 27.2 Å². The van der Waals surface area contributed by atoms with Crippen molar-refractivity contribution in [1.82, 2.24) is 4.31 Å². The van der Waals surface area contributed by atoms with Crippen LogP contribution in [-0.4, -0.2) is 25.8 Å². The van der Waals surface area contributed by atoms with E-state index in [-0.39, 0.29) is 0 Å². The molecule has 0 fully saturated rings. The van der Waals surface area contributed by atoms with Gasteiger partial charge < -0.3 is 5.73 Å². The monoisotopic (exact) mass is 270 g/mol. The summed E-state index contributed by atoms with van der Waals surface area (Å²) in [5.41, 5.74) is 6.15. The number of nitrogens with two attached hydrogens (primary N) is 1. The summed E-state index contributed by atoms with van der Waals surface area (Å²) in [4.78, 5) is 0.311. The van der Waals surface area contributed by atoms with Gasteiger partial charge in [-0.3, -0.25) is 0 Å². The number of sulfonamides is 1. The Kier molecular flexibility index (Phi) is 5.16. The van der Waals surface area contributed by atoms with Crippen LogP contribution in [0.5, 0.6) is 0 Å². The maximum Gasteiger partial charge on any atom is 0.243 e. The maximum absolute atomic E-state index is 12.5. The lowest BCUT2D eigenvalue weighted by Crippen LogP contribution is -2.34. The number of hydrogen-bond acceptors (Lipinski definition) is 3. The van der Waals surface area contributed by atoms with Crippen LogP contribution >= 0.6 is 0 Å². The summed E-state index contributed by atoms with van der Waals surface area (Å²) >= 11 is 0. The van der Waals surface area contributed by atoms with Gasteiger partial charge in [-0.2, -0.15) is 4.31 Å². The smallest absolute Gasteiger partial charge is 0.243 e. The molecule has 0 aliphatic rings. The van der Waals surface area contributed by atoms with Gasteiger partial charge in [-0.05, 0) is 36.6 Å². The van der Waals surface area contributed by atoms with Crippen molar-refractivity contribution in [3.05, 3.63) is 24.3 Å². The highest BCUT2D eigenvalue weighted by molar-refractivity contribution is 7.89. The molecule has 0 atom stereocenters. The van der Waals surface area contributed by atoms with Crippen molar-refractivity contribution in [2.75, 3.05) is 18.8 Å². The van der Waals surface area contributed by atoms with Gasteiger partial charge in [0, 0.05) is 18.8 Å². The predicted octanol–water partition coefficient (Wildman–Crippen LogP) is 2.33. The molecule has 0 saturated carbocycles. The zero-order chi connectivity index (χ0) is 13.8. The summed E-state index contributed by atoms with van der Waals surface area (Å²) < 4.78 is 26.5. The molecule has 0 unspecified atom stereocenters. The largest absolute Gasteiger partial charge is 0.399 e. The normalized spacial score (nSPS) is 12.3. The average Bonchev–Trinajstić information content (AvgIpc) is 2.28. The lowest BCUT2D eigenvalue weighted by atomic mass is 10.2. The van der Waals surface area contributed by atoms with Gasteiger partial charge in [0.1, 0.15) is 0 Å². The number of anilines is 1. The summed E-state index contributed by atoms with van der Waals surface area (Å²) in [5, 5.41) is 0. The Morgan fingerprint density at radius 3 is 2.22 bits per heavy atom. The molecule has 0 aliphatic heterocycles. The molecule has 0 spiro atoms. The van der Waals surface area contributed by atoms with Gasteiger partial charge in [-0.25, -0.2) is 8.42 Å². The van der Waals surface area contributed by atoms with Gasteiger partial charge in [0.05, 0.1) is 4.90 Å². The van der Waals surface area contributed by atoms with Crippen molar-refractivity contribution in [3.8, 4) is 0 Å². The van der Waals surface area contributed by atoms with Crippen molar-refractivity contribution in [2.45, 2.75) is 32.1 Å². The summed E-state index contributed by atoms with van der Waals surface area (Å²) in [6.45, 7) is 7.10. The lowest BCUT2D eigenvalue weighted by Gasteiger charge is -2.23. The topological polar surface area (TPSA) is 63.4 Å². The van der Waals surface area contributed by atoms with Gasteiger partial charge >= 0.3 is 0 Å². The van der Waals surface area contributed by atoms with Crippen LogP contribution in [0.4, 0.5) is 5.69 Å². The standard InChI is InChI=1S/C13H22N2O2S/c1-4-9-15(10-11(2)3)18(16,17)13-7-5-12(14)6-8-13/h5-8,11H,4,9-10,14H2,1-3H3. The van der Waals surface area contributed by atoms with Gasteiger partial charge in [0.25, 0.3) is 0 Å². The van der Waals surface area contributed by atoms with E-state index in [0.29, 0.717) is 29.6 Å². The molecular formula is C13H22N2O2S. The zero-order valence-electron chi connectivity index (χ0n) is 11.3. The number of hydrogen-bond donors (Lipinski definition) is 1. The van der Waals surface area contributed by atoms with Crippen LogP contribution in [0, 0.1) is 5.92 Å². The first-order valence-electron chi connectivity index (χ1n) is 6.23. The zero-order valence-corrected chi connectivity index (χ0v) is 12.1. The summed E-state index contributed by atoms with van der Waals surface area (Å²) in [5.74, 6) is 0.306. The number of rotatable bonds is 6. The Morgan fingerprint density at radius 1 is 1.22 bits per heavy atom. The maximum atomic E-state index is 12.5. The highest BCUT2D eigenvalue weighted by Crippen LogP contribution is 2.18. The van der Waals surface area contributed by atoms with E-state index in [2.05, 4.69) is 0 Å². The van der Waals surface area contributed by atoms with Gasteiger partial charge in [0.2, 0.25) is 10.0 Å². The van der Waals surface area contributed by atoms with Crippen LogP contribution in [-0.2, 0) is 10.0 Å². The minimum atomic E-state index is -3.40. The minimum Gasteiger partial charge on any atom is -0.399 e. The Morgan fingerprint density at radius 2 is 1.78 bits per heavy atom. The van der Waals surface area contributed by atoms with E-state index in [4.69, 9.17) is 5.73 Å². The molecule has 0 aliphatic carbocycles. The first-order chi connectivity index (χ1) is 8.37. The molecule has 1 rings (SSSR count). The molecule has 0 saturated heterocycles. The van der Waals surface area contributed by atoms with Gasteiger partial charge in [-0.1, -0.05) is 20.8 Å². The van der Waals surface area contributed by atoms with Crippen molar-refractivity contribution >= 4 is 15.7 Å². The number of nitrogen functional groups attached to an aromatic ring is 1. The lowest BCUT2D eigenvalue weighted by molar-refractivity contribution is 0.367. The molecule has 0 radical (unpaired) electrons. The molecule has 1 aromatic rings. The molecule has 0 aromatic heterocycles. The van der Waals surface area contributed by atoms with E-state index >= 15 is 0 Å². The Hall–Kier alpha value is -1.07. The molecule has 18 heavy (non-hydrogen) atoms. The molecule has 0 amide bonds. The number of benzene rings is 1. The van der Waals surface area contributed by atoms with Crippen LogP contribution < -0.4 is 5.73 Å². The van der Waals surface area contributed by atoms with Crippen molar-refractivity contribution in [3.63, 3.8) is 0 Å². The Balaban J connectivity index is 3.04. The molecule has 4 nitrogen and oxygen atoms in total. The minimum absolute atomic E-state index is 0.306. The van der Waals surface area contributed by atoms with E-state index in [1.807, 2.05) is 20.8 Å². The van der Waals surface area contributed by atoms with E-state index in [1.54, 1.807) is 28.6 Å². The molecule has 0 heterocycles. The third-order valence-corrected chi connectivity index (χ3v) is 4.44. The van der Waals surface area contributed by atoms with Crippen molar-refractivity contribution < 1.29 is 8.42 Å².